The van der Waals surface area contributed by atoms with Gasteiger partial charge in [0.25, 0.3) is 0 Å². The number of halogens is 1. The molecular formula is C14H25IN4. The first-order valence-corrected chi connectivity index (χ1v) is 6.41. The van der Waals surface area contributed by atoms with Gasteiger partial charge in [-0.3, -0.25) is 4.99 Å². The van der Waals surface area contributed by atoms with Gasteiger partial charge in [0.15, 0.2) is 5.96 Å². The van der Waals surface area contributed by atoms with Crippen molar-refractivity contribution >= 4 is 35.6 Å². The Labute approximate surface area is 133 Å². The Hall–Kier alpha value is -0.980. The molecule has 0 unspecified atom stereocenters. The quantitative estimate of drug-likeness (QED) is 0.471. The van der Waals surface area contributed by atoms with Gasteiger partial charge in [-0.25, -0.2) is 0 Å². The lowest BCUT2D eigenvalue weighted by atomic mass is 10.2. The van der Waals surface area contributed by atoms with E-state index in [0.717, 1.165) is 25.6 Å². The molecule has 1 aromatic rings. The molecule has 1 rings (SSSR count). The van der Waals surface area contributed by atoms with E-state index in [1.807, 2.05) is 7.05 Å². The van der Waals surface area contributed by atoms with Crippen LogP contribution in [0.2, 0.25) is 0 Å². The van der Waals surface area contributed by atoms with Gasteiger partial charge in [0.2, 0.25) is 0 Å². The summed E-state index contributed by atoms with van der Waals surface area (Å²) < 4.78 is 0. The van der Waals surface area contributed by atoms with Crippen LogP contribution in [0.25, 0.3) is 0 Å². The Morgan fingerprint density at radius 1 is 1.32 bits per heavy atom. The number of benzene rings is 1. The van der Waals surface area contributed by atoms with Crippen molar-refractivity contribution in [2.45, 2.75) is 13.8 Å². The number of nitrogens with zero attached hydrogens (tertiary/aromatic N) is 2. The standard InChI is InChI=1S/C14H24N4.HI/c1-5-18(11-10-17-14(15-3)16-4)13-9-7-6-8-12(13)2;/h6-9H,5,10-11H2,1-4H3,(H2,15,16,17);1H. The number of guanidine groups is 1. The highest BCUT2D eigenvalue weighted by atomic mass is 127. The number of hydrogen-bond donors (Lipinski definition) is 2. The molecule has 2 N–H and O–H groups in total. The van der Waals surface area contributed by atoms with E-state index in [1.54, 1.807) is 7.05 Å². The molecule has 5 heteroatoms. The summed E-state index contributed by atoms with van der Waals surface area (Å²) in [5.41, 5.74) is 2.62. The molecule has 0 aromatic heterocycles. The van der Waals surface area contributed by atoms with E-state index < -0.39 is 0 Å². The van der Waals surface area contributed by atoms with Gasteiger partial charge in [0.05, 0.1) is 0 Å². The van der Waals surface area contributed by atoms with Crippen molar-refractivity contribution in [3.63, 3.8) is 0 Å². The summed E-state index contributed by atoms with van der Waals surface area (Å²) in [5, 5.41) is 6.29. The van der Waals surface area contributed by atoms with Gasteiger partial charge in [0.1, 0.15) is 0 Å². The molecule has 0 aliphatic heterocycles. The highest BCUT2D eigenvalue weighted by Gasteiger charge is 2.06. The molecule has 0 saturated carbocycles. The Balaban J connectivity index is 0.00000324. The van der Waals surface area contributed by atoms with Crippen LogP contribution in [0.5, 0.6) is 0 Å². The maximum Gasteiger partial charge on any atom is 0.190 e. The van der Waals surface area contributed by atoms with E-state index in [9.17, 15) is 0 Å². The van der Waals surface area contributed by atoms with Gasteiger partial charge in [-0.1, -0.05) is 18.2 Å². The number of aliphatic imine (C=N–C) groups is 1. The van der Waals surface area contributed by atoms with E-state index in [-0.39, 0.29) is 24.0 Å². The van der Waals surface area contributed by atoms with Crippen molar-refractivity contribution in [3.05, 3.63) is 29.8 Å². The molecule has 19 heavy (non-hydrogen) atoms. The van der Waals surface area contributed by atoms with Crippen molar-refractivity contribution in [1.29, 1.82) is 0 Å². The largest absolute Gasteiger partial charge is 0.370 e. The second-order valence-electron chi connectivity index (χ2n) is 4.12. The minimum atomic E-state index is 0. The summed E-state index contributed by atoms with van der Waals surface area (Å²) in [7, 11) is 3.64. The Bertz CT molecular complexity index is 393. The number of nitrogens with one attached hydrogen (secondary N) is 2. The molecular weight excluding hydrogens is 351 g/mol. The van der Waals surface area contributed by atoms with Crippen LogP contribution in [0.15, 0.2) is 29.3 Å². The van der Waals surface area contributed by atoms with E-state index in [1.165, 1.54) is 11.3 Å². The van der Waals surface area contributed by atoms with Gasteiger partial charge < -0.3 is 15.5 Å². The summed E-state index contributed by atoms with van der Waals surface area (Å²) in [4.78, 5) is 6.46. The smallest absolute Gasteiger partial charge is 0.190 e. The molecule has 108 valence electrons. The summed E-state index contributed by atoms with van der Waals surface area (Å²) in [6, 6.07) is 8.49. The number of rotatable bonds is 5. The van der Waals surface area contributed by atoms with Crippen molar-refractivity contribution in [1.82, 2.24) is 10.6 Å². The van der Waals surface area contributed by atoms with Crippen LogP contribution >= 0.6 is 24.0 Å². The number of anilines is 1. The second-order valence-corrected chi connectivity index (χ2v) is 4.12. The molecule has 0 aliphatic rings. The van der Waals surface area contributed by atoms with E-state index in [0.29, 0.717) is 0 Å². The van der Waals surface area contributed by atoms with E-state index >= 15 is 0 Å². The number of para-hydroxylation sites is 1. The molecule has 0 bridgehead atoms. The van der Waals surface area contributed by atoms with Crippen molar-refractivity contribution in [2.75, 3.05) is 38.6 Å². The SMILES string of the molecule is CCN(CCNC(=NC)NC)c1ccccc1C.I. The van der Waals surface area contributed by atoms with Crippen LogP contribution in [-0.2, 0) is 0 Å². The summed E-state index contributed by atoms with van der Waals surface area (Å²) >= 11 is 0. The molecule has 0 radical (unpaired) electrons. The topological polar surface area (TPSA) is 39.7 Å². The molecule has 0 atom stereocenters. The maximum absolute atomic E-state index is 4.10. The normalized spacial score (nSPS) is 10.6. The highest BCUT2D eigenvalue weighted by Crippen LogP contribution is 2.18. The van der Waals surface area contributed by atoms with E-state index in [4.69, 9.17) is 0 Å². The van der Waals surface area contributed by atoms with Crippen LogP contribution in [0.4, 0.5) is 5.69 Å². The molecule has 0 heterocycles. The maximum atomic E-state index is 4.10. The predicted molar refractivity (Wildman–Crippen MR) is 94.9 cm³/mol. The van der Waals surface area contributed by atoms with Gasteiger partial charge in [-0.15, -0.1) is 24.0 Å². The third-order valence-electron chi connectivity index (χ3n) is 2.97. The van der Waals surface area contributed by atoms with Crippen LogP contribution in [0.1, 0.15) is 12.5 Å². The third kappa shape index (κ3) is 5.67. The molecule has 1 aromatic carbocycles. The van der Waals surface area contributed by atoms with E-state index in [2.05, 4.69) is 58.6 Å². The monoisotopic (exact) mass is 376 g/mol. The lowest BCUT2D eigenvalue weighted by Crippen LogP contribution is -2.40. The lowest BCUT2D eigenvalue weighted by Gasteiger charge is -2.25. The Kier molecular flexibility index (Phi) is 9.38. The summed E-state index contributed by atoms with van der Waals surface area (Å²) in [5.74, 6) is 0.829. The average molecular weight is 376 g/mol. The highest BCUT2D eigenvalue weighted by molar-refractivity contribution is 14.0. The first-order valence-electron chi connectivity index (χ1n) is 6.41. The number of hydrogen-bond acceptors (Lipinski definition) is 2. The number of likely N-dealkylation sites (N-methyl/N-ethyl adjacent to an activating group) is 1. The van der Waals surface area contributed by atoms with Gasteiger partial charge >= 0.3 is 0 Å². The van der Waals surface area contributed by atoms with Crippen molar-refractivity contribution in [3.8, 4) is 0 Å². The average Bonchev–Trinajstić information content (AvgIpc) is 2.40. The molecule has 0 spiro atoms. The molecule has 0 aliphatic carbocycles. The first-order chi connectivity index (χ1) is 8.72. The lowest BCUT2D eigenvalue weighted by molar-refractivity contribution is 0.762. The van der Waals surface area contributed by atoms with Crippen LogP contribution in [-0.4, -0.2) is 39.7 Å². The first kappa shape index (κ1) is 18.0. The molecule has 0 fully saturated rings. The van der Waals surface area contributed by atoms with Crippen molar-refractivity contribution < 1.29 is 0 Å². The molecule has 0 amide bonds. The fourth-order valence-corrected chi connectivity index (χ4v) is 1.96. The van der Waals surface area contributed by atoms with Crippen LogP contribution in [0, 0.1) is 6.92 Å². The van der Waals surface area contributed by atoms with Gasteiger partial charge in [-0.2, -0.15) is 0 Å². The van der Waals surface area contributed by atoms with Gasteiger partial charge in [0, 0.05) is 39.4 Å². The molecule has 4 nitrogen and oxygen atoms in total. The minimum absolute atomic E-state index is 0. The third-order valence-corrected chi connectivity index (χ3v) is 2.97. The minimum Gasteiger partial charge on any atom is -0.370 e. The fraction of sp³-hybridized carbons (Fsp3) is 0.500. The zero-order valence-electron chi connectivity index (χ0n) is 12.2. The molecule has 0 saturated heterocycles. The van der Waals surface area contributed by atoms with Crippen LogP contribution in [0.3, 0.4) is 0 Å². The Morgan fingerprint density at radius 3 is 2.53 bits per heavy atom. The zero-order valence-corrected chi connectivity index (χ0v) is 14.6. The van der Waals surface area contributed by atoms with Crippen LogP contribution < -0.4 is 15.5 Å². The Morgan fingerprint density at radius 2 is 2.00 bits per heavy atom. The van der Waals surface area contributed by atoms with Gasteiger partial charge in [-0.05, 0) is 25.5 Å². The second kappa shape index (κ2) is 9.89. The fourth-order valence-electron chi connectivity index (χ4n) is 1.96. The summed E-state index contributed by atoms with van der Waals surface area (Å²) in [6.07, 6.45) is 0. The van der Waals surface area contributed by atoms with Crippen molar-refractivity contribution in [2.24, 2.45) is 4.99 Å². The number of aryl methyl sites for hydroxylation is 1. The zero-order chi connectivity index (χ0) is 13.4. The predicted octanol–water partition coefficient (Wildman–Crippen LogP) is 2.23. The summed E-state index contributed by atoms with van der Waals surface area (Å²) in [6.45, 7) is 7.17.